The molecule has 1 aromatic carbocycles. The molecule has 1 N–H and O–H groups in total. The lowest BCUT2D eigenvalue weighted by Gasteiger charge is -2.28. The van der Waals surface area contributed by atoms with E-state index in [-0.39, 0.29) is 5.41 Å². The number of hydrogen-bond acceptors (Lipinski definition) is 1. The summed E-state index contributed by atoms with van der Waals surface area (Å²) in [5, 5.41) is 0. The highest BCUT2D eigenvalue weighted by atomic mass is 32.1. The SMILES string of the molecule is CCC1(Cn2c(=S)[nH]c3c(F)cc(F)cc32)CCCC1. The molecule has 108 valence electrons. The first-order valence-electron chi connectivity index (χ1n) is 7.12. The van der Waals surface area contributed by atoms with E-state index in [0.717, 1.165) is 31.9 Å². The first-order chi connectivity index (χ1) is 9.54. The predicted molar refractivity (Wildman–Crippen MR) is 78.2 cm³/mol. The molecule has 0 radical (unpaired) electrons. The molecule has 1 fully saturated rings. The van der Waals surface area contributed by atoms with Crippen molar-refractivity contribution < 1.29 is 8.78 Å². The molecule has 0 aliphatic heterocycles. The predicted octanol–water partition coefficient (Wildman–Crippen LogP) is 4.95. The summed E-state index contributed by atoms with van der Waals surface area (Å²) in [5.74, 6) is -1.14. The van der Waals surface area contributed by atoms with Crippen molar-refractivity contribution in [3.63, 3.8) is 0 Å². The van der Waals surface area contributed by atoms with Gasteiger partial charge in [0.05, 0.1) is 5.52 Å². The van der Waals surface area contributed by atoms with Gasteiger partial charge in [0, 0.05) is 12.6 Å². The van der Waals surface area contributed by atoms with Gasteiger partial charge in [-0.3, -0.25) is 0 Å². The normalized spacial score (nSPS) is 17.9. The van der Waals surface area contributed by atoms with E-state index in [1.165, 1.54) is 18.9 Å². The number of rotatable bonds is 3. The monoisotopic (exact) mass is 296 g/mol. The Kier molecular flexibility index (Phi) is 3.40. The van der Waals surface area contributed by atoms with Crippen molar-refractivity contribution in [3.05, 3.63) is 28.5 Å². The molecule has 1 aliphatic rings. The first-order valence-corrected chi connectivity index (χ1v) is 7.53. The summed E-state index contributed by atoms with van der Waals surface area (Å²) in [5.41, 5.74) is 1.06. The number of H-pyrrole nitrogens is 1. The van der Waals surface area contributed by atoms with Crippen LogP contribution in [0.3, 0.4) is 0 Å². The van der Waals surface area contributed by atoms with Gasteiger partial charge in [-0.2, -0.15) is 0 Å². The summed E-state index contributed by atoms with van der Waals surface area (Å²) in [6, 6.07) is 2.26. The molecule has 1 aliphatic carbocycles. The molecule has 1 heterocycles. The van der Waals surface area contributed by atoms with Crippen LogP contribution < -0.4 is 0 Å². The Morgan fingerprint density at radius 3 is 2.65 bits per heavy atom. The molecule has 5 heteroatoms. The number of imidazole rings is 1. The van der Waals surface area contributed by atoms with Crippen LogP contribution >= 0.6 is 12.2 Å². The number of fused-ring (bicyclic) bond motifs is 1. The highest BCUT2D eigenvalue weighted by Gasteiger charge is 2.33. The minimum Gasteiger partial charge on any atom is -0.328 e. The molecule has 1 saturated carbocycles. The Bertz CT molecular complexity index is 696. The van der Waals surface area contributed by atoms with Gasteiger partial charge in [0.15, 0.2) is 10.6 Å². The summed E-state index contributed by atoms with van der Waals surface area (Å²) in [6.07, 6.45) is 5.85. The third-order valence-corrected chi connectivity index (χ3v) is 5.03. The van der Waals surface area contributed by atoms with Gasteiger partial charge in [0.1, 0.15) is 11.3 Å². The molecular formula is C15H18F2N2S. The van der Waals surface area contributed by atoms with Gasteiger partial charge in [-0.15, -0.1) is 0 Å². The van der Waals surface area contributed by atoms with Crippen molar-refractivity contribution in [3.8, 4) is 0 Å². The van der Waals surface area contributed by atoms with E-state index in [2.05, 4.69) is 11.9 Å². The number of nitrogens with one attached hydrogen (secondary N) is 1. The third-order valence-electron chi connectivity index (χ3n) is 4.71. The van der Waals surface area contributed by atoms with Gasteiger partial charge in [-0.25, -0.2) is 8.78 Å². The fourth-order valence-corrected chi connectivity index (χ4v) is 3.69. The van der Waals surface area contributed by atoms with E-state index < -0.39 is 11.6 Å². The lowest BCUT2D eigenvalue weighted by Crippen LogP contribution is -2.22. The van der Waals surface area contributed by atoms with Crippen LogP contribution in [0.4, 0.5) is 8.78 Å². The highest BCUT2D eigenvalue weighted by molar-refractivity contribution is 7.71. The van der Waals surface area contributed by atoms with Crippen LogP contribution in [0, 0.1) is 21.8 Å². The van der Waals surface area contributed by atoms with Gasteiger partial charge in [0.2, 0.25) is 0 Å². The van der Waals surface area contributed by atoms with Crippen molar-refractivity contribution in [1.29, 1.82) is 0 Å². The maximum absolute atomic E-state index is 13.8. The largest absolute Gasteiger partial charge is 0.328 e. The van der Waals surface area contributed by atoms with Crippen LogP contribution in [0.25, 0.3) is 11.0 Å². The van der Waals surface area contributed by atoms with Crippen LogP contribution in [-0.2, 0) is 6.54 Å². The quantitative estimate of drug-likeness (QED) is 0.795. The Morgan fingerprint density at radius 2 is 2.00 bits per heavy atom. The van der Waals surface area contributed by atoms with E-state index in [1.807, 2.05) is 4.57 Å². The number of nitrogens with zero attached hydrogens (tertiary/aromatic N) is 1. The summed E-state index contributed by atoms with van der Waals surface area (Å²) in [7, 11) is 0. The highest BCUT2D eigenvalue weighted by Crippen LogP contribution is 2.43. The molecular weight excluding hydrogens is 278 g/mol. The van der Waals surface area contributed by atoms with Crippen LogP contribution in [0.15, 0.2) is 12.1 Å². The number of hydrogen-bond donors (Lipinski definition) is 1. The Morgan fingerprint density at radius 1 is 1.30 bits per heavy atom. The fourth-order valence-electron chi connectivity index (χ4n) is 3.42. The van der Waals surface area contributed by atoms with E-state index in [1.54, 1.807) is 0 Å². The lowest BCUT2D eigenvalue weighted by molar-refractivity contribution is 0.239. The van der Waals surface area contributed by atoms with Crippen molar-refractivity contribution >= 4 is 23.3 Å². The van der Waals surface area contributed by atoms with Crippen molar-refractivity contribution in [2.75, 3.05) is 0 Å². The zero-order valence-corrected chi connectivity index (χ0v) is 12.3. The second-order valence-electron chi connectivity index (χ2n) is 5.86. The molecule has 2 nitrogen and oxygen atoms in total. The van der Waals surface area contributed by atoms with Crippen LogP contribution in [0.2, 0.25) is 0 Å². The Balaban J connectivity index is 2.11. The summed E-state index contributed by atoms with van der Waals surface area (Å²) in [4.78, 5) is 2.87. The molecule has 20 heavy (non-hydrogen) atoms. The molecule has 0 spiro atoms. The van der Waals surface area contributed by atoms with Gasteiger partial charge in [-0.1, -0.05) is 19.8 Å². The van der Waals surface area contributed by atoms with E-state index in [4.69, 9.17) is 12.2 Å². The summed E-state index contributed by atoms with van der Waals surface area (Å²) < 4.78 is 29.6. The average molecular weight is 296 g/mol. The van der Waals surface area contributed by atoms with Gasteiger partial charge >= 0.3 is 0 Å². The van der Waals surface area contributed by atoms with E-state index in [9.17, 15) is 8.78 Å². The minimum absolute atomic E-state index is 0.218. The summed E-state index contributed by atoms with van der Waals surface area (Å²) >= 11 is 5.31. The molecule has 0 unspecified atom stereocenters. The molecule has 0 bridgehead atoms. The lowest BCUT2D eigenvalue weighted by atomic mass is 9.83. The number of halogens is 2. The van der Waals surface area contributed by atoms with Gasteiger partial charge in [-0.05, 0) is 43.0 Å². The zero-order valence-electron chi connectivity index (χ0n) is 11.5. The average Bonchev–Trinajstić information content (AvgIpc) is 2.98. The maximum atomic E-state index is 13.8. The third kappa shape index (κ3) is 2.18. The second kappa shape index (κ2) is 4.95. The molecule has 3 rings (SSSR count). The fraction of sp³-hybridized carbons (Fsp3) is 0.533. The second-order valence-corrected chi connectivity index (χ2v) is 6.25. The zero-order chi connectivity index (χ0) is 14.3. The molecule has 2 aromatic rings. The van der Waals surface area contributed by atoms with Gasteiger partial charge < -0.3 is 9.55 Å². The minimum atomic E-state index is -0.582. The summed E-state index contributed by atoms with van der Waals surface area (Å²) in [6.45, 7) is 2.93. The van der Waals surface area contributed by atoms with Crippen molar-refractivity contribution in [2.45, 2.75) is 45.6 Å². The van der Waals surface area contributed by atoms with Crippen LogP contribution in [0.1, 0.15) is 39.0 Å². The molecule has 1 aromatic heterocycles. The Labute approximate surface area is 121 Å². The van der Waals surface area contributed by atoms with Crippen molar-refractivity contribution in [1.82, 2.24) is 9.55 Å². The standard InChI is InChI=1S/C15H18F2N2S/c1-2-15(5-3-4-6-15)9-19-12-8-10(16)7-11(17)13(12)18-14(19)20/h7-8H,2-6,9H2,1H3,(H,18,20). The molecule has 0 amide bonds. The van der Waals surface area contributed by atoms with E-state index >= 15 is 0 Å². The van der Waals surface area contributed by atoms with E-state index in [0.29, 0.717) is 15.8 Å². The number of benzene rings is 1. The number of aromatic nitrogens is 2. The smallest absolute Gasteiger partial charge is 0.178 e. The maximum Gasteiger partial charge on any atom is 0.178 e. The number of aromatic amines is 1. The van der Waals surface area contributed by atoms with Crippen molar-refractivity contribution in [2.24, 2.45) is 5.41 Å². The van der Waals surface area contributed by atoms with Gasteiger partial charge in [0.25, 0.3) is 0 Å². The molecule has 0 saturated heterocycles. The Hall–Kier alpha value is -1.23. The topological polar surface area (TPSA) is 20.7 Å². The van der Waals surface area contributed by atoms with Crippen LogP contribution in [0.5, 0.6) is 0 Å². The molecule has 0 atom stereocenters. The van der Waals surface area contributed by atoms with Crippen LogP contribution in [-0.4, -0.2) is 9.55 Å². The first kappa shape index (κ1) is 13.7.